The normalized spacial score (nSPS) is 11.1. The first-order valence-electron chi connectivity index (χ1n) is 9.76. The van der Waals surface area contributed by atoms with Crippen LogP contribution < -0.4 is 14.8 Å². The number of benzene rings is 3. The molecule has 4 rings (SSSR count). The molecular weight excluding hydrogens is 428 g/mol. The van der Waals surface area contributed by atoms with Gasteiger partial charge in [-0.15, -0.1) is 0 Å². The number of rotatable bonds is 8. The Morgan fingerprint density at radius 3 is 2.16 bits per heavy atom. The molecule has 162 valence electrons. The maximum atomic E-state index is 12.5. The molecule has 0 radical (unpaired) electrons. The number of amides is 1. The quantitative estimate of drug-likeness (QED) is 0.403. The maximum Gasteiger partial charge on any atom is 0.255 e. The maximum absolute atomic E-state index is 12.5. The van der Waals surface area contributed by atoms with Crippen LogP contribution in [0.2, 0.25) is 0 Å². The van der Waals surface area contributed by atoms with Gasteiger partial charge in [-0.25, -0.2) is 13.1 Å². The molecule has 0 aliphatic rings. The molecule has 0 bridgehead atoms. The smallest absolute Gasteiger partial charge is 0.255 e. The molecule has 8 heteroatoms. The highest BCUT2D eigenvalue weighted by Crippen LogP contribution is 2.22. The standard InChI is InChI=1S/C24H20N2O5S/c27-24(18-8-12-21(13-9-18)31-20-5-2-1-3-6-20)26-19-10-14-23(15-11-19)32(28,29)25-17-22-7-4-16-30-22/h1-16,25H,17H2,(H,26,27). The molecule has 0 aliphatic carbocycles. The molecule has 0 fully saturated rings. The topological polar surface area (TPSA) is 97.6 Å². The highest BCUT2D eigenvalue weighted by molar-refractivity contribution is 7.89. The van der Waals surface area contributed by atoms with Gasteiger partial charge in [-0.3, -0.25) is 4.79 Å². The number of anilines is 1. The monoisotopic (exact) mass is 448 g/mol. The van der Waals surface area contributed by atoms with Crippen LogP contribution in [0, 0.1) is 0 Å². The SMILES string of the molecule is O=C(Nc1ccc(S(=O)(=O)NCc2ccco2)cc1)c1ccc(Oc2ccccc2)cc1. The Bertz CT molecular complexity index is 1270. The molecule has 0 aliphatic heterocycles. The molecule has 0 spiro atoms. The fraction of sp³-hybridized carbons (Fsp3) is 0.0417. The van der Waals surface area contributed by atoms with Crippen LogP contribution in [-0.2, 0) is 16.6 Å². The lowest BCUT2D eigenvalue weighted by molar-refractivity contribution is 0.102. The number of carbonyl (C=O) groups is 1. The number of para-hydroxylation sites is 1. The van der Waals surface area contributed by atoms with Crippen LogP contribution in [0.15, 0.2) is 107 Å². The second-order valence-corrected chi connectivity index (χ2v) is 8.59. The number of hydrogen-bond acceptors (Lipinski definition) is 5. The largest absolute Gasteiger partial charge is 0.468 e. The van der Waals surface area contributed by atoms with Crippen molar-refractivity contribution in [3.8, 4) is 11.5 Å². The van der Waals surface area contributed by atoms with E-state index >= 15 is 0 Å². The van der Waals surface area contributed by atoms with Crippen LogP contribution in [0.1, 0.15) is 16.1 Å². The first-order valence-corrected chi connectivity index (χ1v) is 11.2. The van der Waals surface area contributed by atoms with E-state index in [2.05, 4.69) is 10.0 Å². The Kier molecular flexibility index (Phi) is 6.34. The number of furan rings is 1. The van der Waals surface area contributed by atoms with Gasteiger partial charge in [0.25, 0.3) is 5.91 Å². The van der Waals surface area contributed by atoms with Gasteiger partial charge in [-0.05, 0) is 72.8 Å². The molecule has 3 aromatic carbocycles. The van der Waals surface area contributed by atoms with E-state index in [1.165, 1.54) is 30.5 Å². The van der Waals surface area contributed by atoms with Crippen LogP contribution in [0.25, 0.3) is 0 Å². The minimum Gasteiger partial charge on any atom is -0.468 e. The average Bonchev–Trinajstić information content (AvgIpc) is 3.33. The zero-order valence-corrected chi connectivity index (χ0v) is 17.7. The van der Waals surface area contributed by atoms with Gasteiger partial charge in [-0.1, -0.05) is 18.2 Å². The molecule has 0 saturated heterocycles. The van der Waals surface area contributed by atoms with Crippen molar-refractivity contribution >= 4 is 21.6 Å². The van der Waals surface area contributed by atoms with E-state index in [9.17, 15) is 13.2 Å². The van der Waals surface area contributed by atoms with E-state index in [-0.39, 0.29) is 17.3 Å². The second-order valence-electron chi connectivity index (χ2n) is 6.82. The van der Waals surface area contributed by atoms with Crippen molar-refractivity contribution in [1.29, 1.82) is 0 Å². The third-order valence-corrected chi connectivity index (χ3v) is 5.95. The first-order chi connectivity index (χ1) is 15.5. The molecule has 0 atom stereocenters. The van der Waals surface area contributed by atoms with E-state index in [0.29, 0.717) is 28.5 Å². The summed E-state index contributed by atoms with van der Waals surface area (Å²) in [5.74, 6) is 1.52. The minimum absolute atomic E-state index is 0.0534. The predicted molar refractivity (Wildman–Crippen MR) is 120 cm³/mol. The Labute approximate surface area is 185 Å². The van der Waals surface area contributed by atoms with Crippen LogP contribution >= 0.6 is 0 Å². The van der Waals surface area contributed by atoms with Crippen molar-refractivity contribution in [1.82, 2.24) is 4.72 Å². The third-order valence-electron chi connectivity index (χ3n) is 4.53. The minimum atomic E-state index is -3.70. The van der Waals surface area contributed by atoms with E-state index in [0.717, 1.165) is 0 Å². The zero-order valence-electron chi connectivity index (χ0n) is 16.9. The van der Waals surface area contributed by atoms with Gasteiger partial charge in [0, 0.05) is 11.3 Å². The van der Waals surface area contributed by atoms with E-state index in [4.69, 9.17) is 9.15 Å². The van der Waals surface area contributed by atoms with E-state index < -0.39 is 10.0 Å². The van der Waals surface area contributed by atoms with Crippen LogP contribution in [0.4, 0.5) is 5.69 Å². The summed E-state index contributed by atoms with van der Waals surface area (Å²) in [5.41, 5.74) is 0.923. The van der Waals surface area contributed by atoms with Crippen LogP contribution in [0.3, 0.4) is 0 Å². The number of ether oxygens (including phenoxy) is 1. The molecule has 32 heavy (non-hydrogen) atoms. The van der Waals surface area contributed by atoms with Crippen LogP contribution in [0.5, 0.6) is 11.5 Å². The Balaban J connectivity index is 1.36. The van der Waals surface area contributed by atoms with E-state index in [1.807, 2.05) is 30.3 Å². The van der Waals surface area contributed by atoms with E-state index in [1.54, 1.807) is 36.4 Å². The average molecular weight is 449 g/mol. The van der Waals surface area contributed by atoms with Gasteiger partial charge in [0.15, 0.2) is 0 Å². The first kappa shape index (κ1) is 21.4. The fourth-order valence-electron chi connectivity index (χ4n) is 2.88. The predicted octanol–water partition coefficient (Wildman–Crippen LogP) is 4.80. The number of sulfonamides is 1. The lowest BCUT2D eigenvalue weighted by Gasteiger charge is -2.09. The molecule has 1 amide bonds. The number of hydrogen-bond donors (Lipinski definition) is 2. The summed E-state index contributed by atoms with van der Waals surface area (Å²) in [5, 5.41) is 2.75. The Hall–Kier alpha value is -3.88. The second kappa shape index (κ2) is 9.51. The van der Waals surface area contributed by atoms with Crippen molar-refractivity contribution in [3.63, 3.8) is 0 Å². The lowest BCUT2D eigenvalue weighted by atomic mass is 10.2. The lowest BCUT2D eigenvalue weighted by Crippen LogP contribution is -2.23. The molecule has 4 aromatic rings. The van der Waals surface area contributed by atoms with Crippen molar-refractivity contribution in [3.05, 3.63) is 109 Å². The third kappa shape index (κ3) is 5.42. The Morgan fingerprint density at radius 2 is 1.50 bits per heavy atom. The summed E-state index contributed by atoms with van der Waals surface area (Å²) in [7, 11) is -3.70. The molecule has 1 heterocycles. The van der Waals surface area contributed by atoms with Crippen LogP contribution in [-0.4, -0.2) is 14.3 Å². The number of carbonyl (C=O) groups excluding carboxylic acids is 1. The summed E-state index contributed by atoms with van der Waals surface area (Å²) in [6.07, 6.45) is 1.48. The van der Waals surface area contributed by atoms with Crippen molar-refractivity contribution in [2.75, 3.05) is 5.32 Å². The molecule has 1 aromatic heterocycles. The summed E-state index contributed by atoms with van der Waals surface area (Å²) in [6.45, 7) is 0.0534. The Morgan fingerprint density at radius 1 is 0.812 bits per heavy atom. The molecule has 0 unspecified atom stereocenters. The fourth-order valence-corrected chi connectivity index (χ4v) is 3.88. The van der Waals surface area contributed by atoms with Gasteiger partial charge in [0.05, 0.1) is 17.7 Å². The van der Waals surface area contributed by atoms with Crippen molar-refractivity contribution < 1.29 is 22.4 Å². The van der Waals surface area contributed by atoms with Gasteiger partial charge < -0.3 is 14.5 Å². The summed E-state index contributed by atoms with van der Waals surface area (Å²) >= 11 is 0. The van der Waals surface area contributed by atoms with Crippen molar-refractivity contribution in [2.45, 2.75) is 11.4 Å². The molecule has 7 nitrogen and oxygen atoms in total. The van der Waals surface area contributed by atoms with Gasteiger partial charge in [-0.2, -0.15) is 0 Å². The van der Waals surface area contributed by atoms with Gasteiger partial charge in [0.2, 0.25) is 10.0 Å². The highest BCUT2D eigenvalue weighted by Gasteiger charge is 2.15. The summed E-state index contributed by atoms with van der Waals surface area (Å²) < 4.78 is 38.1. The van der Waals surface area contributed by atoms with Crippen molar-refractivity contribution in [2.24, 2.45) is 0 Å². The molecule has 0 saturated carbocycles. The molecule has 2 N–H and O–H groups in total. The summed E-state index contributed by atoms with van der Waals surface area (Å²) in [4.78, 5) is 12.6. The van der Waals surface area contributed by atoms with Gasteiger partial charge >= 0.3 is 0 Å². The highest BCUT2D eigenvalue weighted by atomic mass is 32.2. The zero-order chi connectivity index (χ0) is 22.4. The number of nitrogens with one attached hydrogen (secondary N) is 2. The molecular formula is C24H20N2O5S. The summed E-state index contributed by atoms with van der Waals surface area (Å²) in [6, 6.07) is 25.4. The van der Waals surface area contributed by atoms with Gasteiger partial charge in [0.1, 0.15) is 17.3 Å².